The Hall–Kier alpha value is -2.47. The number of amides is 1. The van der Waals surface area contributed by atoms with Crippen LogP contribution in [0, 0.1) is 5.41 Å². The highest BCUT2D eigenvalue weighted by molar-refractivity contribution is 8.00. The molecule has 0 aliphatic carbocycles. The van der Waals surface area contributed by atoms with E-state index in [2.05, 4.69) is 67.5 Å². The molecule has 2 aromatic carbocycles. The summed E-state index contributed by atoms with van der Waals surface area (Å²) in [4.78, 5) is 20.1. The number of carbonyl (C=O) groups excluding carboxylic acids is 1. The predicted octanol–water partition coefficient (Wildman–Crippen LogP) is 6.14. The molecule has 30 heavy (non-hydrogen) atoms. The molecule has 1 aliphatic heterocycles. The first kappa shape index (κ1) is 22.2. The first-order valence-corrected chi connectivity index (χ1v) is 11.3. The molecule has 160 valence electrons. The summed E-state index contributed by atoms with van der Waals surface area (Å²) < 4.78 is 2.15. The van der Waals surface area contributed by atoms with Gasteiger partial charge in [0.1, 0.15) is 0 Å². The quantitative estimate of drug-likeness (QED) is 0.566. The second-order valence-corrected chi connectivity index (χ2v) is 9.71. The van der Waals surface area contributed by atoms with Gasteiger partial charge in [-0.15, -0.1) is 0 Å². The lowest BCUT2D eigenvalue weighted by Gasteiger charge is -2.34. The normalized spacial score (nSPS) is 13.5. The van der Waals surface area contributed by atoms with Gasteiger partial charge in [-0.1, -0.05) is 27.7 Å². The van der Waals surface area contributed by atoms with Crippen molar-refractivity contribution >= 4 is 46.3 Å². The van der Waals surface area contributed by atoms with Crippen LogP contribution in [0.5, 0.6) is 0 Å². The van der Waals surface area contributed by atoms with Gasteiger partial charge in [0.2, 0.25) is 5.91 Å². The summed E-state index contributed by atoms with van der Waals surface area (Å²) in [6, 6.07) is 14.4. The smallest absolute Gasteiger partial charge is 0.224 e. The zero-order chi connectivity index (χ0) is 21.9. The number of nitrogens with zero attached hydrogens (tertiary/aromatic N) is 3. The molecule has 0 aromatic heterocycles. The molecule has 1 N–H and O–H groups in total. The number of carbonyl (C=O) groups is 1. The summed E-state index contributed by atoms with van der Waals surface area (Å²) in [6.07, 6.45) is 0.479. The van der Waals surface area contributed by atoms with Gasteiger partial charge in [-0.2, -0.15) is 0 Å². The van der Waals surface area contributed by atoms with E-state index in [1.165, 1.54) is 11.4 Å². The topological polar surface area (TPSA) is 47.9 Å². The van der Waals surface area contributed by atoms with Gasteiger partial charge >= 0.3 is 0 Å². The minimum Gasteiger partial charge on any atom is -0.364 e. The summed E-state index contributed by atoms with van der Waals surface area (Å²) in [7, 11) is 2.06. The Labute approximate surface area is 184 Å². The maximum absolute atomic E-state index is 11.5. The molecule has 5 nitrogen and oxygen atoms in total. The third-order valence-electron chi connectivity index (χ3n) is 5.21. The Balaban J connectivity index is 1.79. The first-order valence-electron chi connectivity index (χ1n) is 10.5. The molecule has 1 amide bonds. The van der Waals surface area contributed by atoms with Gasteiger partial charge in [0.15, 0.2) is 0 Å². The van der Waals surface area contributed by atoms with Gasteiger partial charge in [-0.3, -0.25) is 9.79 Å². The van der Waals surface area contributed by atoms with Crippen LogP contribution in [0.2, 0.25) is 0 Å². The lowest BCUT2D eigenvalue weighted by molar-refractivity contribution is -0.115. The van der Waals surface area contributed by atoms with Crippen molar-refractivity contribution in [1.29, 1.82) is 0 Å². The fourth-order valence-electron chi connectivity index (χ4n) is 3.26. The van der Waals surface area contributed by atoms with Gasteiger partial charge in [0.25, 0.3) is 0 Å². The monoisotopic (exact) mass is 424 g/mol. The molecule has 3 rings (SSSR count). The highest BCUT2D eigenvalue weighted by atomic mass is 32.2. The Morgan fingerprint density at radius 3 is 2.47 bits per heavy atom. The average Bonchev–Trinajstić information content (AvgIpc) is 2.73. The third-order valence-corrected chi connectivity index (χ3v) is 6.18. The fraction of sp³-hybridized carbons (Fsp3) is 0.417. The Morgan fingerprint density at radius 2 is 1.87 bits per heavy atom. The van der Waals surface area contributed by atoms with E-state index in [0.717, 1.165) is 35.0 Å². The van der Waals surface area contributed by atoms with Crippen LogP contribution in [0.15, 0.2) is 52.4 Å². The maximum atomic E-state index is 11.5. The third kappa shape index (κ3) is 5.17. The van der Waals surface area contributed by atoms with E-state index in [1.54, 1.807) is 11.9 Å². The van der Waals surface area contributed by atoms with Crippen molar-refractivity contribution in [3.63, 3.8) is 0 Å². The van der Waals surface area contributed by atoms with E-state index < -0.39 is 0 Å². The van der Waals surface area contributed by atoms with Crippen molar-refractivity contribution < 1.29 is 4.79 Å². The number of nitrogens with one attached hydrogen (secondary N) is 1. The number of hydrogen-bond acceptors (Lipinski definition) is 5. The molecule has 6 heteroatoms. The lowest BCUT2D eigenvalue weighted by Crippen LogP contribution is -2.38. The zero-order valence-corrected chi connectivity index (χ0v) is 19.6. The summed E-state index contributed by atoms with van der Waals surface area (Å²) in [5.74, 6) is 0.0258. The largest absolute Gasteiger partial charge is 0.364 e. The fourth-order valence-corrected chi connectivity index (χ4v) is 4.05. The minimum absolute atomic E-state index is 0.0258. The van der Waals surface area contributed by atoms with Crippen LogP contribution in [0.4, 0.5) is 22.7 Å². The van der Waals surface area contributed by atoms with Crippen molar-refractivity contribution in [2.75, 3.05) is 34.7 Å². The number of rotatable bonds is 6. The molecule has 0 saturated carbocycles. The van der Waals surface area contributed by atoms with Gasteiger partial charge in [-0.05, 0) is 61.3 Å². The summed E-state index contributed by atoms with van der Waals surface area (Å²) in [5.41, 5.74) is 5.44. The summed E-state index contributed by atoms with van der Waals surface area (Å²) in [5, 5.41) is 2.88. The molecule has 0 atom stereocenters. The highest BCUT2D eigenvalue weighted by Gasteiger charge is 2.26. The average molecular weight is 425 g/mol. The first-order chi connectivity index (χ1) is 14.2. The second-order valence-electron chi connectivity index (χ2n) is 8.51. The molecule has 0 radical (unpaired) electrons. The number of aliphatic imine (C=N–C) groups is 1. The van der Waals surface area contributed by atoms with E-state index in [-0.39, 0.29) is 11.3 Å². The SMILES string of the molecule is CCC(=O)Nc1ccc(SN(C)c2ccc3c(c2)N=C(C(C)(C)C)CN3CC)cc1. The van der Waals surface area contributed by atoms with Crippen molar-refractivity contribution in [3.05, 3.63) is 42.5 Å². The van der Waals surface area contributed by atoms with Crippen LogP contribution >= 0.6 is 11.9 Å². The highest BCUT2D eigenvalue weighted by Crippen LogP contribution is 2.39. The van der Waals surface area contributed by atoms with Crippen LogP contribution in [-0.4, -0.2) is 31.8 Å². The molecule has 0 fully saturated rings. The van der Waals surface area contributed by atoms with Crippen LogP contribution in [0.3, 0.4) is 0 Å². The van der Waals surface area contributed by atoms with E-state index in [4.69, 9.17) is 4.99 Å². The molecule has 0 saturated heterocycles. The second kappa shape index (κ2) is 9.13. The van der Waals surface area contributed by atoms with E-state index in [0.29, 0.717) is 6.42 Å². The molecule has 0 spiro atoms. The van der Waals surface area contributed by atoms with Crippen molar-refractivity contribution in [2.45, 2.75) is 45.9 Å². The molecule has 1 aliphatic rings. The summed E-state index contributed by atoms with van der Waals surface area (Å²) in [6.45, 7) is 12.6. The molecular weight excluding hydrogens is 392 g/mol. The molecule has 0 unspecified atom stereocenters. The van der Waals surface area contributed by atoms with E-state index in [9.17, 15) is 4.79 Å². The summed E-state index contributed by atoms with van der Waals surface area (Å²) >= 11 is 1.65. The Kier molecular flexibility index (Phi) is 6.76. The predicted molar refractivity (Wildman–Crippen MR) is 131 cm³/mol. The minimum atomic E-state index is 0.0258. The molecular formula is C24H32N4OS. The maximum Gasteiger partial charge on any atom is 0.224 e. The molecule has 1 heterocycles. The Bertz CT molecular complexity index is 931. The Morgan fingerprint density at radius 1 is 1.17 bits per heavy atom. The van der Waals surface area contributed by atoms with Crippen LogP contribution in [0.25, 0.3) is 0 Å². The van der Waals surface area contributed by atoms with Crippen LogP contribution in [-0.2, 0) is 4.79 Å². The van der Waals surface area contributed by atoms with Gasteiger partial charge < -0.3 is 14.5 Å². The number of hydrogen-bond donors (Lipinski definition) is 1. The van der Waals surface area contributed by atoms with E-state index >= 15 is 0 Å². The number of benzene rings is 2. The van der Waals surface area contributed by atoms with Crippen LogP contribution in [0.1, 0.15) is 41.0 Å². The number of fused-ring (bicyclic) bond motifs is 1. The van der Waals surface area contributed by atoms with Crippen molar-refractivity contribution in [1.82, 2.24) is 0 Å². The standard InChI is InChI=1S/C24H32N4OS/c1-7-23(29)25-17-9-12-19(13-10-17)30-27(6)18-11-14-21-20(15-18)26-22(24(3,4)5)16-28(21)8-2/h9-15H,7-8,16H2,1-6H3,(H,25,29). The van der Waals surface area contributed by atoms with Gasteiger partial charge in [0, 0.05) is 47.4 Å². The molecule has 0 bridgehead atoms. The number of anilines is 3. The van der Waals surface area contributed by atoms with Crippen LogP contribution < -0.4 is 14.5 Å². The van der Waals surface area contributed by atoms with Crippen molar-refractivity contribution in [3.8, 4) is 0 Å². The van der Waals surface area contributed by atoms with Gasteiger partial charge in [0.05, 0.1) is 17.9 Å². The van der Waals surface area contributed by atoms with E-state index in [1.807, 2.05) is 31.2 Å². The van der Waals surface area contributed by atoms with Crippen molar-refractivity contribution in [2.24, 2.45) is 10.4 Å². The zero-order valence-electron chi connectivity index (χ0n) is 18.8. The lowest BCUT2D eigenvalue weighted by atomic mass is 9.88. The molecule has 2 aromatic rings. The van der Waals surface area contributed by atoms with Gasteiger partial charge in [-0.25, -0.2) is 0 Å².